The van der Waals surface area contributed by atoms with E-state index in [0.717, 1.165) is 0 Å². The monoisotopic (exact) mass is 293 g/mol. The average molecular weight is 293 g/mol. The maximum absolute atomic E-state index is 11.4. The van der Waals surface area contributed by atoms with Crippen LogP contribution in [0.2, 0.25) is 0 Å². The Morgan fingerprint density at radius 3 is 2.20 bits per heavy atom. The zero-order chi connectivity index (χ0) is 15.8. The van der Waals surface area contributed by atoms with Gasteiger partial charge in [0.25, 0.3) is 0 Å². The van der Waals surface area contributed by atoms with Crippen LogP contribution in [0.4, 0.5) is 4.79 Å². The summed E-state index contributed by atoms with van der Waals surface area (Å²) in [6, 6.07) is 0. The quantitative estimate of drug-likeness (QED) is 0.646. The van der Waals surface area contributed by atoms with Crippen LogP contribution in [0.1, 0.15) is 34.1 Å². The lowest BCUT2D eigenvalue weighted by molar-refractivity contribution is -0.127. The minimum Gasteiger partial charge on any atom is -0.447 e. The highest BCUT2D eigenvalue weighted by Gasteiger charge is 2.27. The second-order valence-electron chi connectivity index (χ2n) is 5.01. The maximum Gasteiger partial charge on any atom is 0.409 e. The molecule has 1 fully saturated rings. The summed E-state index contributed by atoms with van der Waals surface area (Å²) in [4.78, 5) is 13.0. The second-order valence-corrected chi connectivity index (χ2v) is 5.01. The van der Waals surface area contributed by atoms with Crippen LogP contribution in [0.25, 0.3) is 0 Å². The lowest BCUT2D eigenvalue weighted by Crippen LogP contribution is -2.35. The first-order chi connectivity index (χ1) is 9.19. The molecule has 1 aliphatic rings. The van der Waals surface area contributed by atoms with Crippen LogP contribution in [-0.2, 0) is 9.47 Å². The van der Waals surface area contributed by atoms with Crippen LogP contribution in [0, 0.1) is 0 Å². The second kappa shape index (κ2) is 9.12. The number of hydrogen-bond donors (Lipinski definition) is 3. The molecule has 2 unspecified atom stereocenters. The SMILES string of the molecule is CC(C)(O)O.CCN(CC)C(=O)OCC1OCCC1O. The molecular weight excluding hydrogens is 266 g/mol. The fourth-order valence-electron chi connectivity index (χ4n) is 1.52. The topological polar surface area (TPSA) is 99.5 Å². The highest BCUT2D eigenvalue weighted by atomic mass is 16.6. The number of aliphatic hydroxyl groups is 3. The van der Waals surface area contributed by atoms with Crippen molar-refractivity contribution in [2.45, 2.75) is 52.1 Å². The molecule has 120 valence electrons. The molecule has 0 spiro atoms. The number of nitrogens with zero attached hydrogens (tertiary/aromatic N) is 1. The van der Waals surface area contributed by atoms with Gasteiger partial charge in [0.2, 0.25) is 0 Å². The van der Waals surface area contributed by atoms with Gasteiger partial charge in [-0.2, -0.15) is 0 Å². The zero-order valence-electron chi connectivity index (χ0n) is 12.7. The highest BCUT2D eigenvalue weighted by molar-refractivity contribution is 5.67. The molecule has 7 heteroatoms. The Morgan fingerprint density at radius 2 is 1.85 bits per heavy atom. The van der Waals surface area contributed by atoms with Crippen molar-refractivity contribution in [3.63, 3.8) is 0 Å². The first-order valence-corrected chi connectivity index (χ1v) is 6.85. The predicted octanol–water partition coefficient (Wildman–Crippen LogP) is 0.322. The molecule has 3 N–H and O–H groups in total. The van der Waals surface area contributed by atoms with Crippen molar-refractivity contribution < 1.29 is 29.6 Å². The first kappa shape index (κ1) is 19.1. The normalized spacial score (nSPS) is 21.9. The van der Waals surface area contributed by atoms with Crippen LogP contribution in [0.5, 0.6) is 0 Å². The van der Waals surface area contributed by atoms with Gasteiger partial charge in [0, 0.05) is 19.7 Å². The summed E-state index contributed by atoms with van der Waals surface area (Å²) in [5.74, 6) is -1.50. The molecule has 0 aliphatic carbocycles. The molecule has 0 saturated carbocycles. The van der Waals surface area contributed by atoms with Crippen molar-refractivity contribution in [3.8, 4) is 0 Å². The van der Waals surface area contributed by atoms with Gasteiger partial charge in [-0.15, -0.1) is 0 Å². The molecule has 0 bridgehead atoms. The van der Waals surface area contributed by atoms with Gasteiger partial charge in [0.05, 0.1) is 6.10 Å². The van der Waals surface area contributed by atoms with E-state index in [9.17, 15) is 9.90 Å². The summed E-state index contributed by atoms with van der Waals surface area (Å²) in [5, 5.41) is 25.6. The van der Waals surface area contributed by atoms with Gasteiger partial charge < -0.3 is 29.7 Å². The van der Waals surface area contributed by atoms with Crippen molar-refractivity contribution in [2.24, 2.45) is 0 Å². The van der Waals surface area contributed by atoms with Crippen LogP contribution in [0.3, 0.4) is 0 Å². The number of ether oxygens (including phenoxy) is 2. The Kier molecular flexibility index (Phi) is 8.71. The van der Waals surface area contributed by atoms with Gasteiger partial charge in [0.15, 0.2) is 5.79 Å². The van der Waals surface area contributed by atoms with E-state index in [1.807, 2.05) is 13.8 Å². The lowest BCUT2D eigenvalue weighted by atomic mass is 10.2. The largest absolute Gasteiger partial charge is 0.447 e. The van der Waals surface area contributed by atoms with Gasteiger partial charge in [-0.3, -0.25) is 0 Å². The predicted molar refractivity (Wildman–Crippen MR) is 73.1 cm³/mol. The smallest absolute Gasteiger partial charge is 0.409 e. The van der Waals surface area contributed by atoms with Gasteiger partial charge in [0.1, 0.15) is 12.7 Å². The first-order valence-electron chi connectivity index (χ1n) is 6.85. The molecule has 0 aromatic heterocycles. The molecule has 0 aromatic rings. The van der Waals surface area contributed by atoms with Gasteiger partial charge in [-0.05, 0) is 34.1 Å². The van der Waals surface area contributed by atoms with Crippen LogP contribution < -0.4 is 0 Å². The minimum absolute atomic E-state index is 0.135. The molecule has 1 heterocycles. The minimum atomic E-state index is -1.50. The Balaban J connectivity index is 0.000000621. The summed E-state index contributed by atoms with van der Waals surface area (Å²) in [7, 11) is 0. The Hall–Kier alpha value is -0.890. The van der Waals surface area contributed by atoms with Gasteiger partial charge >= 0.3 is 6.09 Å². The lowest BCUT2D eigenvalue weighted by Gasteiger charge is -2.20. The summed E-state index contributed by atoms with van der Waals surface area (Å²) >= 11 is 0. The number of aliphatic hydroxyl groups excluding tert-OH is 1. The van der Waals surface area contributed by atoms with Crippen LogP contribution in [0.15, 0.2) is 0 Å². The van der Waals surface area contributed by atoms with Crippen molar-refractivity contribution in [1.82, 2.24) is 4.90 Å². The third kappa shape index (κ3) is 9.08. The number of carbonyl (C=O) groups is 1. The molecule has 0 radical (unpaired) electrons. The molecule has 0 aromatic carbocycles. The molecule has 2 atom stereocenters. The third-order valence-corrected chi connectivity index (χ3v) is 2.57. The summed E-state index contributed by atoms with van der Waals surface area (Å²) in [6.07, 6.45) is -0.588. The summed E-state index contributed by atoms with van der Waals surface area (Å²) in [5.41, 5.74) is 0. The van der Waals surface area contributed by atoms with E-state index in [-0.39, 0.29) is 18.8 Å². The van der Waals surface area contributed by atoms with E-state index in [1.54, 1.807) is 4.90 Å². The number of hydrogen-bond acceptors (Lipinski definition) is 6. The maximum atomic E-state index is 11.4. The number of amides is 1. The van der Waals surface area contributed by atoms with Crippen LogP contribution >= 0.6 is 0 Å². The zero-order valence-corrected chi connectivity index (χ0v) is 12.7. The van der Waals surface area contributed by atoms with Gasteiger partial charge in [-0.25, -0.2) is 4.79 Å². The fourth-order valence-corrected chi connectivity index (χ4v) is 1.52. The van der Waals surface area contributed by atoms with Crippen LogP contribution in [-0.4, -0.2) is 70.6 Å². The van der Waals surface area contributed by atoms with Crippen molar-refractivity contribution in [1.29, 1.82) is 0 Å². The molecule has 1 saturated heterocycles. The highest BCUT2D eigenvalue weighted by Crippen LogP contribution is 2.13. The Bertz CT molecular complexity index is 269. The third-order valence-electron chi connectivity index (χ3n) is 2.57. The molecule has 1 rings (SSSR count). The average Bonchev–Trinajstić information content (AvgIpc) is 2.71. The van der Waals surface area contributed by atoms with Gasteiger partial charge in [-0.1, -0.05) is 0 Å². The molecule has 1 amide bonds. The Labute approximate surface area is 120 Å². The molecule has 20 heavy (non-hydrogen) atoms. The van der Waals surface area contributed by atoms with E-state index in [0.29, 0.717) is 26.1 Å². The van der Waals surface area contributed by atoms with E-state index in [2.05, 4.69) is 0 Å². The summed E-state index contributed by atoms with van der Waals surface area (Å²) < 4.78 is 10.3. The van der Waals surface area contributed by atoms with Crippen molar-refractivity contribution in [3.05, 3.63) is 0 Å². The van der Waals surface area contributed by atoms with E-state index >= 15 is 0 Å². The van der Waals surface area contributed by atoms with E-state index in [4.69, 9.17) is 19.7 Å². The molecule has 7 nitrogen and oxygen atoms in total. The number of carbonyl (C=O) groups excluding carboxylic acids is 1. The molecular formula is C13H27NO6. The van der Waals surface area contributed by atoms with E-state index < -0.39 is 11.9 Å². The fraction of sp³-hybridized carbons (Fsp3) is 0.923. The summed E-state index contributed by atoms with van der Waals surface area (Å²) in [6.45, 7) is 8.31. The number of rotatable bonds is 4. The van der Waals surface area contributed by atoms with E-state index in [1.165, 1.54) is 13.8 Å². The Morgan fingerprint density at radius 1 is 1.35 bits per heavy atom. The standard InChI is InChI=1S/C10H19NO4.C3H8O2/c1-3-11(4-2)10(13)15-7-9-8(12)5-6-14-9;1-3(2,4)5/h8-9,12H,3-7H2,1-2H3;4-5H,1-2H3. The molecule has 1 aliphatic heterocycles. The van der Waals surface area contributed by atoms with Crippen molar-refractivity contribution in [2.75, 3.05) is 26.3 Å². The van der Waals surface area contributed by atoms with Crippen molar-refractivity contribution >= 4 is 6.09 Å².